The fraction of sp³-hybridized carbons (Fsp3) is 0.0455. The third-order valence-corrected chi connectivity index (χ3v) is 4.73. The molecule has 1 heterocycles. The van der Waals surface area contributed by atoms with Gasteiger partial charge in [-0.2, -0.15) is 0 Å². The van der Waals surface area contributed by atoms with Crippen LogP contribution in [-0.2, 0) is 0 Å². The lowest BCUT2D eigenvalue weighted by atomic mass is 9.94. The van der Waals surface area contributed by atoms with Crippen LogP contribution in [0.25, 0.3) is 43.3 Å². The molecule has 1 aromatic heterocycles. The highest BCUT2D eigenvalue weighted by Crippen LogP contribution is 2.38. The van der Waals surface area contributed by atoms with Crippen LogP contribution >= 0.6 is 0 Å². The lowest BCUT2D eigenvalue weighted by Crippen LogP contribution is -1.96. The highest BCUT2D eigenvalue weighted by atomic mass is 16.3. The summed E-state index contributed by atoms with van der Waals surface area (Å²) >= 11 is 0. The summed E-state index contributed by atoms with van der Waals surface area (Å²) in [4.78, 5) is 11.9. The average molecular weight is 310 g/mol. The van der Waals surface area contributed by atoms with E-state index in [2.05, 4.69) is 37.3 Å². The zero-order valence-electron chi connectivity index (χ0n) is 13.2. The Morgan fingerprint density at radius 3 is 2.50 bits per heavy atom. The molecule has 0 atom stereocenters. The molecule has 0 radical (unpaired) electrons. The van der Waals surface area contributed by atoms with Gasteiger partial charge in [0.25, 0.3) is 0 Å². The van der Waals surface area contributed by atoms with Crippen LogP contribution in [0.5, 0.6) is 0 Å². The summed E-state index contributed by atoms with van der Waals surface area (Å²) in [6, 6.07) is 19.8. The highest BCUT2D eigenvalue weighted by Gasteiger charge is 2.13. The van der Waals surface area contributed by atoms with E-state index in [4.69, 9.17) is 4.42 Å². The number of hydrogen-bond donors (Lipinski definition) is 0. The fourth-order valence-corrected chi connectivity index (χ4v) is 3.64. The zero-order chi connectivity index (χ0) is 16.3. The molecule has 0 aliphatic heterocycles. The van der Waals surface area contributed by atoms with E-state index in [9.17, 15) is 4.79 Å². The van der Waals surface area contributed by atoms with Gasteiger partial charge in [0.2, 0.25) is 0 Å². The van der Waals surface area contributed by atoms with Crippen LogP contribution in [-0.4, -0.2) is 0 Å². The number of benzene rings is 4. The van der Waals surface area contributed by atoms with Gasteiger partial charge in [-0.15, -0.1) is 0 Å². The van der Waals surface area contributed by atoms with Crippen molar-refractivity contribution in [1.29, 1.82) is 0 Å². The molecule has 0 bridgehead atoms. The minimum Gasteiger partial charge on any atom is -0.463 e. The van der Waals surface area contributed by atoms with E-state index < -0.39 is 0 Å². The standard InChI is InChI=1S/C22H14O2/c1-13-6-8-17-19-11-15(23)7-9-18(19)22-21(20(17)10-13)16-5-3-2-4-14(16)12-24-22/h2-12H,1H3. The molecule has 0 spiro atoms. The van der Waals surface area contributed by atoms with Gasteiger partial charge in [0.05, 0.1) is 6.26 Å². The SMILES string of the molecule is Cc1ccc2c3cc(=O)ccc3c3occ4ccccc4c3c2c1. The first-order valence-electron chi connectivity index (χ1n) is 7.99. The maximum Gasteiger partial charge on any atom is 0.179 e. The molecule has 5 aromatic rings. The fourth-order valence-electron chi connectivity index (χ4n) is 3.64. The van der Waals surface area contributed by atoms with E-state index in [1.165, 1.54) is 10.9 Å². The van der Waals surface area contributed by atoms with E-state index in [0.29, 0.717) is 0 Å². The second-order valence-electron chi connectivity index (χ2n) is 6.28. The summed E-state index contributed by atoms with van der Waals surface area (Å²) in [6.45, 7) is 2.09. The Morgan fingerprint density at radius 1 is 0.750 bits per heavy atom. The van der Waals surface area contributed by atoms with Crippen LogP contribution in [0.3, 0.4) is 0 Å². The van der Waals surface area contributed by atoms with Gasteiger partial charge in [-0.3, -0.25) is 4.79 Å². The quantitative estimate of drug-likeness (QED) is 0.350. The average Bonchev–Trinajstić information content (AvgIpc) is 2.61. The van der Waals surface area contributed by atoms with Crippen LogP contribution < -0.4 is 5.43 Å². The molecule has 4 aromatic carbocycles. The first kappa shape index (κ1) is 13.3. The molecule has 2 heteroatoms. The summed E-state index contributed by atoms with van der Waals surface area (Å²) in [5, 5.41) is 7.50. The van der Waals surface area contributed by atoms with Crippen LogP contribution in [0, 0.1) is 6.92 Å². The van der Waals surface area contributed by atoms with Crippen molar-refractivity contribution in [2.75, 3.05) is 0 Å². The molecule has 0 unspecified atom stereocenters. The largest absolute Gasteiger partial charge is 0.463 e. The Labute approximate surface area is 137 Å². The van der Waals surface area contributed by atoms with Gasteiger partial charge >= 0.3 is 0 Å². The number of rotatable bonds is 0. The number of hydrogen-bond acceptors (Lipinski definition) is 2. The van der Waals surface area contributed by atoms with Crippen molar-refractivity contribution in [3.63, 3.8) is 0 Å². The van der Waals surface area contributed by atoms with Gasteiger partial charge in [0, 0.05) is 16.2 Å². The third kappa shape index (κ3) is 1.74. The highest BCUT2D eigenvalue weighted by molar-refractivity contribution is 6.29. The molecule has 0 fully saturated rings. The van der Waals surface area contributed by atoms with Crippen molar-refractivity contribution < 1.29 is 4.42 Å². The summed E-state index contributed by atoms with van der Waals surface area (Å²) in [7, 11) is 0. The summed E-state index contributed by atoms with van der Waals surface area (Å²) in [5.74, 6) is 0. The van der Waals surface area contributed by atoms with Crippen LogP contribution in [0.1, 0.15) is 5.56 Å². The number of fused-ring (bicyclic) bond motifs is 8. The molecule has 0 aliphatic carbocycles. The molecule has 114 valence electrons. The Balaban J connectivity index is 2.23. The molecule has 24 heavy (non-hydrogen) atoms. The minimum atomic E-state index is 0.0181. The maximum atomic E-state index is 11.9. The molecule has 0 saturated carbocycles. The molecule has 0 saturated heterocycles. The van der Waals surface area contributed by atoms with Crippen molar-refractivity contribution in [1.82, 2.24) is 0 Å². The van der Waals surface area contributed by atoms with Crippen LogP contribution in [0.4, 0.5) is 0 Å². The topological polar surface area (TPSA) is 30.2 Å². The smallest absolute Gasteiger partial charge is 0.179 e. The van der Waals surface area contributed by atoms with Crippen molar-refractivity contribution >= 4 is 43.3 Å². The van der Waals surface area contributed by atoms with Gasteiger partial charge < -0.3 is 4.42 Å². The summed E-state index contributed by atoms with van der Waals surface area (Å²) in [5.41, 5.74) is 2.04. The predicted molar refractivity (Wildman–Crippen MR) is 99.7 cm³/mol. The Hall–Kier alpha value is -3.13. The molecule has 5 rings (SSSR count). The van der Waals surface area contributed by atoms with E-state index in [1.54, 1.807) is 18.4 Å². The first-order chi connectivity index (χ1) is 11.7. The molecule has 0 amide bonds. The second kappa shape index (κ2) is 4.68. The minimum absolute atomic E-state index is 0.0181. The van der Waals surface area contributed by atoms with Crippen LogP contribution in [0.2, 0.25) is 0 Å². The Kier molecular flexibility index (Phi) is 2.60. The normalized spacial score (nSPS) is 11.7. The number of aryl methyl sites for hydroxylation is 1. The molecule has 0 N–H and O–H groups in total. The van der Waals surface area contributed by atoms with Crippen LogP contribution in [0.15, 0.2) is 76.1 Å². The lowest BCUT2D eigenvalue weighted by Gasteiger charge is -2.12. The van der Waals surface area contributed by atoms with E-state index in [0.717, 1.165) is 37.9 Å². The Morgan fingerprint density at radius 2 is 1.58 bits per heavy atom. The van der Waals surface area contributed by atoms with E-state index in [-0.39, 0.29) is 5.43 Å². The van der Waals surface area contributed by atoms with Gasteiger partial charge in [0.15, 0.2) is 5.43 Å². The lowest BCUT2D eigenvalue weighted by molar-refractivity contribution is 0.615. The van der Waals surface area contributed by atoms with Crippen molar-refractivity contribution in [2.45, 2.75) is 6.92 Å². The van der Waals surface area contributed by atoms with E-state index >= 15 is 0 Å². The molecule has 2 nitrogen and oxygen atoms in total. The Bertz CT molecular complexity index is 1330. The zero-order valence-corrected chi connectivity index (χ0v) is 13.2. The molecular weight excluding hydrogens is 296 g/mol. The summed E-state index contributed by atoms with van der Waals surface area (Å²) < 4.78 is 6.02. The van der Waals surface area contributed by atoms with Gasteiger partial charge in [0.1, 0.15) is 5.58 Å². The van der Waals surface area contributed by atoms with Gasteiger partial charge in [-0.1, -0.05) is 48.0 Å². The first-order valence-corrected chi connectivity index (χ1v) is 7.99. The van der Waals surface area contributed by atoms with Crippen molar-refractivity contribution in [3.05, 3.63) is 82.7 Å². The van der Waals surface area contributed by atoms with Gasteiger partial charge in [-0.25, -0.2) is 0 Å². The third-order valence-electron chi connectivity index (χ3n) is 4.73. The molecular formula is C22H14O2. The predicted octanol–water partition coefficient (Wildman–Crippen LogP) is 5.56. The van der Waals surface area contributed by atoms with Crippen molar-refractivity contribution in [3.8, 4) is 0 Å². The van der Waals surface area contributed by atoms with E-state index in [1.807, 2.05) is 18.2 Å². The maximum absolute atomic E-state index is 11.9. The van der Waals surface area contributed by atoms with Gasteiger partial charge in [-0.05, 0) is 46.7 Å². The summed E-state index contributed by atoms with van der Waals surface area (Å²) in [6.07, 6.45) is 1.80. The molecule has 0 aliphatic rings. The monoisotopic (exact) mass is 310 g/mol. The van der Waals surface area contributed by atoms with Crippen molar-refractivity contribution in [2.24, 2.45) is 0 Å². The second-order valence-corrected chi connectivity index (χ2v) is 6.28.